The third kappa shape index (κ3) is 2.91. The number of carbonyl (C=O) groups is 1. The molecule has 0 spiro atoms. The maximum atomic E-state index is 12.6. The Morgan fingerprint density at radius 3 is 2.83 bits per heavy atom. The summed E-state index contributed by atoms with van der Waals surface area (Å²) < 4.78 is 1.71. The van der Waals surface area contributed by atoms with Crippen molar-refractivity contribution < 1.29 is 4.79 Å². The number of nitrogens with one attached hydrogen (secondary N) is 1. The molecule has 7 heteroatoms. The molecule has 24 heavy (non-hydrogen) atoms. The molecule has 2 aliphatic rings. The van der Waals surface area contributed by atoms with Gasteiger partial charge in [0.1, 0.15) is 0 Å². The summed E-state index contributed by atoms with van der Waals surface area (Å²) in [5, 5.41) is 7.27. The number of halogens is 1. The van der Waals surface area contributed by atoms with Gasteiger partial charge < -0.3 is 11.1 Å². The van der Waals surface area contributed by atoms with E-state index in [0.717, 1.165) is 24.2 Å². The first-order valence-electron chi connectivity index (χ1n) is 8.21. The average Bonchev–Trinajstić information content (AvgIpc) is 3.30. The Labute approximate surface area is 147 Å². The van der Waals surface area contributed by atoms with Crippen molar-refractivity contribution in [2.75, 3.05) is 0 Å². The van der Waals surface area contributed by atoms with Crippen molar-refractivity contribution >= 4 is 18.3 Å². The van der Waals surface area contributed by atoms with E-state index in [4.69, 9.17) is 5.73 Å². The Morgan fingerprint density at radius 2 is 2.12 bits per heavy atom. The highest BCUT2D eigenvalue weighted by molar-refractivity contribution is 5.85. The van der Waals surface area contributed by atoms with Crippen LogP contribution in [-0.2, 0) is 11.3 Å². The number of aromatic nitrogens is 3. The number of nitrogens with two attached hydrogens (primary N) is 1. The molecule has 0 saturated heterocycles. The van der Waals surface area contributed by atoms with Crippen molar-refractivity contribution in [2.45, 2.75) is 31.8 Å². The molecule has 4 unspecified atom stereocenters. The SMILES string of the molecule is Cl.NC1C2CCC(C2)C1C(=O)NCc1cccnc1-n1cccn1. The first-order chi connectivity index (χ1) is 11.2. The van der Waals surface area contributed by atoms with Crippen LogP contribution in [0, 0.1) is 17.8 Å². The van der Waals surface area contributed by atoms with Crippen molar-refractivity contribution in [2.24, 2.45) is 23.5 Å². The van der Waals surface area contributed by atoms with Crippen LogP contribution >= 0.6 is 12.4 Å². The van der Waals surface area contributed by atoms with Crippen molar-refractivity contribution in [3.05, 3.63) is 42.4 Å². The summed E-state index contributed by atoms with van der Waals surface area (Å²) in [5.41, 5.74) is 7.20. The van der Waals surface area contributed by atoms with Gasteiger partial charge in [0.15, 0.2) is 5.82 Å². The molecule has 2 fully saturated rings. The molecule has 2 aliphatic carbocycles. The predicted molar refractivity (Wildman–Crippen MR) is 92.8 cm³/mol. The molecule has 2 aromatic rings. The molecule has 2 heterocycles. The van der Waals surface area contributed by atoms with Crippen LogP contribution in [0.1, 0.15) is 24.8 Å². The van der Waals surface area contributed by atoms with Gasteiger partial charge in [-0.2, -0.15) is 5.10 Å². The van der Waals surface area contributed by atoms with Crippen LogP contribution in [0.4, 0.5) is 0 Å². The highest BCUT2D eigenvalue weighted by atomic mass is 35.5. The van der Waals surface area contributed by atoms with Gasteiger partial charge in [-0.1, -0.05) is 6.07 Å². The lowest BCUT2D eigenvalue weighted by atomic mass is 9.84. The van der Waals surface area contributed by atoms with Crippen LogP contribution in [-0.4, -0.2) is 26.7 Å². The van der Waals surface area contributed by atoms with Gasteiger partial charge in [-0.3, -0.25) is 4.79 Å². The fourth-order valence-corrected chi connectivity index (χ4v) is 4.19. The maximum absolute atomic E-state index is 12.6. The second kappa shape index (κ2) is 6.91. The van der Waals surface area contributed by atoms with E-state index < -0.39 is 0 Å². The van der Waals surface area contributed by atoms with E-state index in [1.165, 1.54) is 6.42 Å². The Kier molecular flexibility index (Phi) is 4.87. The minimum Gasteiger partial charge on any atom is -0.352 e. The molecule has 4 atom stereocenters. The quantitative estimate of drug-likeness (QED) is 0.881. The zero-order valence-electron chi connectivity index (χ0n) is 13.3. The Balaban J connectivity index is 0.00000169. The summed E-state index contributed by atoms with van der Waals surface area (Å²) in [7, 11) is 0. The van der Waals surface area contributed by atoms with E-state index in [0.29, 0.717) is 18.4 Å². The topological polar surface area (TPSA) is 85.8 Å². The van der Waals surface area contributed by atoms with E-state index in [2.05, 4.69) is 15.4 Å². The van der Waals surface area contributed by atoms with Crippen LogP contribution in [0.5, 0.6) is 0 Å². The number of pyridine rings is 1. The van der Waals surface area contributed by atoms with Gasteiger partial charge in [0.2, 0.25) is 5.91 Å². The van der Waals surface area contributed by atoms with Crippen molar-refractivity contribution in [1.82, 2.24) is 20.1 Å². The van der Waals surface area contributed by atoms with E-state index in [1.807, 2.05) is 24.4 Å². The van der Waals surface area contributed by atoms with Gasteiger partial charge in [-0.05, 0) is 43.2 Å². The molecular formula is C17H22ClN5O. The molecule has 128 valence electrons. The largest absolute Gasteiger partial charge is 0.352 e. The molecule has 6 nitrogen and oxygen atoms in total. The number of hydrogen-bond donors (Lipinski definition) is 2. The van der Waals surface area contributed by atoms with Gasteiger partial charge >= 0.3 is 0 Å². The van der Waals surface area contributed by atoms with Crippen LogP contribution in [0.25, 0.3) is 5.82 Å². The van der Waals surface area contributed by atoms with Crippen LogP contribution in [0.2, 0.25) is 0 Å². The molecular weight excluding hydrogens is 326 g/mol. The molecule has 2 saturated carbocycles. The monoisotopic (exact) mass is 347 g/mol. The average molecular weight is 348 g/mol. The molecule has 3 N–H and O–H groups in total. The summed E-state index contributed by atoms with van der Waals surface area (Å²) in [5.74, 6) is 1.80. The van der Waals surface area contributed by atoms with Crippen molar-refractivity contribution in [3.63, 3.8) is 0 Å². The first kappa shape index (κ1) is 16.9. The van der Waals surface area contributed by atoms with Crippen molar-refractivity contribution in [1.29, 1.82) is 0 Å². The number of amides is 1. The molecule has 4 rings (SSSR count). The predicted octanol–water partition coefficient (Wildman–Crippen LogP) is 1.68. The third-order valence-electron chi connectivity index (χ3n) is 5.33. The van der Waals surface area contributed by atoms with Crippen molar-refractivity contribution in [3.8, 4) is 5.82 Å². The van der Waals surface area contributed by atoms with Gasteiger partial charge in [0, 0.05) is 36.7 Å². The molecule has 2 aromatic heterocycles. The van der Waals surface area contributed by atoms with E-state index in [1.54, 1.807) is 17.1 Å². The minimum atomic E-state index is -0.0291. The van der Waals surface area contributed by atoms with Gasteiger partial charge in [0.05, 0.1) is 5.92 Å². The molecule has 0 radical (unpaired) electrons. The molecule has 2 bridgehead atoms. The Bertz CT molecular complexity index is 703. The van der Waals surface area contributed by atoms with Gasteiger partial charge in [0.25, 0.3) is 0 Å². The summed E-state index contributed by atoms with van der Waals surface area (Å²) in [6, 6.07) is 5.71. The summed E-state index contributed by atoms with van der Waals surface area (Å²) >= 11 is 0. The number of rotatable bonds is 4. The minimum absolute atomic E-state index is 0. The second-order valence-corrected chi connectivity index (χ2v) is 6.59. The number of nitrogens with zero attached hydrogens (tertiary/aromatic N) is 3. The number of fused-ring (bicyclic) bond motifs is 2. The second-order valence-electron chi connectivity index (χ2n) is 6.59. The maximum Gasteiger partial charge on any atom is 0.225 e. The lowest BCUT2D eigenvalue weighted by Gasteiger charge is -2.27. The summed E-state index contributed by atoms with van der Waals surface area (Å²) in [4.78, 5) is 17.0. The van der Waals surface area contributed by atoms with E-state index >= 15 is 0 Å². The van der Waals surface area contributed by atoms with Crippen LogP contribution in [0.3, 0.4) is 0 Å². The van der Waals surface area contributed by atoms with E-state index in [9.17, 15) is 4.79 Å². The number of hydrogen-bond acceptors (Lipinski definition) is 4. The third-order valence-corrected chi connectivity index (χ3v) is 5.33. The smallest absolute Gasteiger partial charge is 0.225 e. The van der Waals surface area contributed by atoms with Crippen LogP contribution < -0.4 is 11.1 Å². The summed E-state index contributed by atoms with van der Waals surface area (Å²) in [6.45, 7) is 0.447. The highest BCUT2D eigenvalue weighted by Gasteiger charge is 2.48. The van der Waals surface area contributed by atoms with Gasteiger partial charge in [-0.15, -0.1) is 12.4 Å². The zero-order chi connectivity index (χ0) is 15.8. The van der Waals surface area contributed by atoms with Crippen LogP contribution in [0.15, 0.2) is 36.8 Å². The lowest BCUT2D eigenvalue weighted by Crippen LogP contribution is -2.45. The number of carbonyl (C=O) groups excluding carboxylic acids is 1. The Morgan fingerprint density at radius 1 is 1.29 bits per heavy atom. The fourth-order valence-electron chi connectivity index (χ4n) is 4.19. The first-order valence-corrected chi connectivity index (χ1v) is 8.21. The lowest BCUT2D eigenvalue weighted by molar-refractivity contribution is -0.127. The molecule has 0 aliphatic heterocycles. The molecule has 0 aromatic carbocycles. The van der Waals surface area contributed by atoms with E-state index in [-0.39, 0.29) is 30.3 Å². The zero-order valence-corrected chi connectivity index (χ0v) is 14.2. The normalized spacial score (nSPS) is 27.7. The van der Waals surface area contributed by atoms with Gasteiger partial charge in [-0.25, -0.2) is 9.67 Å². The standard InChI is InChI=1S/C17H21N5O.ClH/c18-15-12-5-4-11(9-12)14(15)17(23)20-10-13-3-1-6-19-16(13)22-8-2-7-21-22;/h1-3,6-8,11-12,14-15H,4-5,9-10,18H2,(H,20,23);1H. The molecule has 1 amide bonds. The summed E-state index contributed by atoms with van der Waals surface area (Å²) in [6.07, 6.45) is 8.73. The fraction of sp³-hybridized carbons (Fsp3) is 0.471. The Hall–Kier alpha value is -1.92. The highest BCUT2D eigenvalue weighted by Crippen LogP contribution is 2.47.